The van der Waals surface area contributed by atoms with E-state index in [-0.39, 0.29) is 52.9 Å². The maximum Gasteiger partial charge on any atom is 0.524 e. The number of phosphoric ester groups is 1. The van der Waals surface area contributed by atoms with Crippen LogP contribution < -0.4 is 15.9 Å². The number of H-pyrrole nitrogens is 1. The molecular formula is C51H55ClN8O11P2. The first-order chi connectivity index (χ1) is 34.3. The van der Waals surface area contributed by atoms with Crippen LogP contribution in [0.25, 0.3) is 56.0 Å². The van der Waals surface area contributed by atoms with Crippen LogP contribution in [-0.4, -0.2) is 77.7 Å². The van der Waals surface area contributed by atoms with E-state index in [2.05, 4.69) is 15.3 Å². The van der Waals surface area contributed by atoms with Crippen molar-refractivity contribution in [2.75, 3.05) is 13.3 Å². The van der Waals surface area contributed by atoms with Gasteiger partial charge in [-0.3, -0.25) is 9.79 Å². The van der Waals surface area contributed by atoms with Crippen molar-refractivity contribution in [3.8, 4) is 51.4 Å². The number of rotatable bonds is 10. The Morgan fingerprint density at radius 2 is 1.27 bits per heavy atom. The second-order valence-corrected chi connectivity index (χ2v) is 24.2. The molecule has 0 aliphatic rings. The van der Waals surface area contributed by atoms with Crippen molar-refractivity contribution in [2.24, 2.45) is 14.1 Å². The number of carbonyl (C=O) groups excluding carboxylic acids is 1. The van der Waals surface area contributed by atoms with Gasteiger partial charge in [-0.25, -0.2) is 33.2 Å². The number of phosphoric acid groups is 1. The van der Waals surface area contributed by atoms with Gasteiger partial charge in [0.2, 0.25) is 0 Å². The molecule has 9 rings (SSSR count). The van der Waals surface area contributed by atoms with Gasteiger partial charge in [-0.15, -0.1) is 9.78 Å². The fourth-order valence-corrected chi connectivity index (χ4v) is 8.46. The summed E-state index contributed by atoms with van der Waals surface area (Å²) >= 11 is 5.09. The number of aryl methyl sites for hydroxylation is 3. The van der Waals surface area contributed by atoms with Crippen molar-refractivity contribution in [3.05, 3.63) is 159 Å². The zero-order valence-electron chi connectivity index (χ0n) is 41.4. The fourth-order valence-electron chi connectivity index (χ4n) is 8.04. The zero-order valence-corrected chi connectivity index (χ0v) is 43.9. The third-order valence-electron chi connectivity index (χ3n) is 11.5. The van der Waals surface area contributed by atoms with Crippen molar-refractivity contribution < 1.29 is 43.2 Å². The molecule has 0 fully saturated rings. The minimum absolute atomic E-state index is 0.0139. The summed E-state index contributed by atoms with van der Waals surface area (Å²) in [4.78, 5) is 57.6. The first-order valence-electron chi connectivity index (χ1n) is 22.7. The lowest BCUT2D eigenvalue weighted by atomic mass is 9.96. The van der Waals surface area contributed by atoms with Gasteiger partial charge in [0.25, 0.3) is 0 Å². The van der Waals surface area contributed by atoms with Gasteiger partial charge in [-0.1, -0.05) is 69.3 Å². The molecule has 4 aromatic heterocycles. The molecule has 0 aliphatic heterocycles. The highest BCUT2D eigenvalue weighted by atomic mass is 35.7. The molecule has 0 aliphatic carbocycles. The number of hydrogen-bond acceptors (Lipinski definition) is 11. The van der Waals surface area contributed by atoms with Crippen LogP contribution in [0.3, 0.4) is 0 Å². The molecule has 0 unspecified atom stereocenters. The van der Waals surface area contributed by atoms with Crippen molar-refractivity contribution in [1.29, 1.82) is 0 Å². The smallest absolute Gasteiger partial charge is 0.508 e. The largest absolute Gasteiger partial charge is 0.524 e. The number of phenols is 2. The van der Waals surface area contributed by atoms with E-state index in [1.807, 2.05) is 149 Å². The normalized spacial score (nSPS) is 11.7. The first kappa shape index (κ1) is 53.4. The number of nitrogens with zero attached hydrogens (tertiary/aromatic N) is 7. The monoisotopic (exact) mass is 1050 g/mol. The van der Waals surface area contributed by atoms with Gasteiger partial charge in [-0.2, -0.15) is 5.10 Å². The Balaban J connectivity index is 0.000000198. The van der Waals surface area contributed by atoms with Gasteiger partial charge in [-0.05, 0) is 108 Å². The number of aromatic hydroxyl groups is 2. The average Bonchev–Trinajstić information content (AvgIpc) is 4.08. The van der Waals surface area contributed by atoms with Crippen molar-refractivity contribution in [1.82, 2.24) is 38.2 Å². The van der Waals surface area contributed by atoms with Crippen LogP contribution in [0.5, 0.6) is 17.2 Å². The number of carbonyl (C=O) groups is 1. The molecule has 382 valence electrons. The van der Waals surface area contributed by atoms with Crippen molar-refractivity contribution >= 4 is 53.5 Å². The Labute approximate surface area is 423 Å². The summed E-state index contributed by atoms with van der Waals surface area (Å²) in [7, 11) is -0.953. The molecule has 0 saturated carbocycles. The summed E-state index contributed by atoms with van der Waals surface area (Å²) in [5.41, 5.74) is 5.53. The molecular weight excluding hydrogens is 998 g/mol. The maximum absolute atomic E-state index is 13.7. The minimum atomic E-state index is -4.83. The fraction of sp³-hybridized carbons (Fsp3) is 0.235. The molecule has 22 heteroatoms. The predicted octanol–water partition coefficient (Wildman–Crippen LogP) is 10.3. The van der Waals surface area contributed by atoms with Crippen LogP contribution in [-0.2, 0) is 34.6 Å². The number of aromatic nitrogens is 8. The van der Waals surface area contributed by atoms with E-state index < -0.39 is 31.8 Å². The van der Waals surface area contributed by atoms with Gasteiger partial charge in [0.15, 0.2) is 18.1 Å². The lowest BCUT2D eigenvalue weighted by molar-refractivity contribution is 0.136. The molecule has 4 heterocycles. The predicted molar refractivity (Wildman–Crippen MR) is 282 cm³/mol. The third-order valence-corrected chi connectivity index (χ3v) is 12.0. The van der Waals surface area contributed by atoms with Gasteiger partial charge in [0.05, 0.1) is 16.9 Å². The zero-order chi connectivity index (χ0) is 53.3. The molecule has 73 heavy (non-hydrogen) atoms. The van der Waals surface area contributed by atoms with E-state index in [1.165, 1.54) is 28.5 Å². The molecule has 9 aromatic rings. The van der Waals surface area contributed by atoms with E-state index in [1.54, 1.807) is 12.1 Å². The average molecular weight is 1050 g/mol. The van der Waals surface area contributed by atoms with E-state index in [4.69, 9.17) is 20.5 Å². The van der Waals surface area contributed by atoms with Crippen LogP contribution in [0.2, 0.25) is 0 Å². The molecule has 0 radical (unpaired) electrons. The molecule has 0 spiro atoms. The Morgan fingerprint density at radius 1 is 0.726 bits per heavy atom. The molecule has 5 N–H and O–H groups in total. The van der Waals surface area contributed by atoms with Crippen LogP contribution in [0.15, 0.2) is 125 Å². The van der Waals surface area contributed by atoms with Crippen molar-refractivity contribution in [2.45, 2.75) is 53.1 Å². The number of benzene rings is 5. The van der Waals surface area contributed by atoms with Crippen LogP contribution in [0, 0.1) is 6.92 Å². The van der Waals surface area contributed by atoms with Gasteiger partial charge < -0.3 is 33.2 Å². The minimum Gasteiger partial charge on any atom is -0.508 e. The van der Waals surface area contributed by atoms with Gasteiger partial charge >= 0.3 is 25.3 Å². The summed E-state index contributed by atoms with van der Waals surface area (Å²) in [6.45, 7) is 10.3. The third kappa shape index (κ3) is 12.3. The molecule has 0 atom stereocenters. The van der Waals surface area contributed by atoms with Gasteiger partial charge in [0.1, 0.15) is 23.9 Å². The number of aromatic amines is 1. The quantitative estimate of drug-likeness (QED) is 0.0801. The number of nitrogens with one attached hydrogen (secondary N) is 1. The lowest BCUT2D eigenvalue weighted by Crippen LogP contribution is -2.30. The SMILES string of the molecule is CC(C)c1cc(-c2n[nH]c(=O)n2-c2ccc3c(ccn3C)c2)c(O)cc1OP(=O)(O)O.CP(C)(=O)Cl.Cc1cc(O)c(C(C)C)cc1-c1nn(C(=O)OCc2ccccc2)c(=O)n1-c1ccc2c(ccn2C)c1. The molecule has 0 saturated heterocycles. The number of hydrogen-bond donors (Lipinski definition) is 5. The number of fused-ring (bicyclic) bond motifs is 2. The Hall–Kier alpha value is -7.40. The summed E-state index contributed by atoms with van der Waals surface area (Å²) in [5.74, 6) is -0.0104. The van der Waals surface area contributed by atoms with E-state index >= 15 is 0 Å². The summed E-state index contributed by atoms with van der Waals surface area (Å²) < 4.78 is 38.9. The Bertz CT molecular complexity index is 3720. The summed E-state index contributed by atoms with van der Waals surface area (Å²) in [6, 6.07) is 30.4. The second-order valence-electron chi connectivity index (χ2n) is 18.2. The molecule has 5 aromatic carbocycles. The standard InChI is InChI=1S/C29H28N4O4.C20H21N4O6P.C2H6ClOP/c1-18(2)23-16-24(19(3)14-26(23)34)27-30-33(29(36)37-17-20-8-6-5-7-9-20)28(35)32(27)22-10-11-25-21(15-22)12-13-31(25)4;1-11(2)14-9-15(17(25)10-18(14)30-31(27,28)29)19-21-22-20(26)24(19)13-4-5-16-12(8-13)6-7-23(16)3;1-5(2,3)4/h5-16,18,34H,17H2,1-4H3;4-11,25H,1-3H3,(H,22,26)(H2,27,28,29);1-2H3. The van der Waals surface area contributed by atoms with Crippen LogP contribution in [0.1, 0.15) is 61.8 Å². The molecule has 19 nitrogen and oxygen atoms in total. The van der Waals surface area contributed by atoms with E-state index in [0.29, 0.717) is 22.5 Å². The van der Waals surface area contributed by atoms with Crippen molar-refractivity contribution in [3.63, 3.8) is 0 Å². The summed E-state index contributed by atoms with van der Waals surface area (Å²) in [5, 5.41) is 33.9. The highest BCUT2D eigenvalue weighted by Crippen LogP contribution is 2.45. The van der Waals surface area contributed by atoms with E-state index in [0.717, 1.165) is 49.2 Å². The Kier molecular flexibility index (Phi) is 15.6. The summed E-state index contributed by atoms with van der Waals surface area (Å²) in [6.07, 6.45) is 2.99. The molecule has 0 bridgehead atoms. The Morgan fingerprint density at radius 3 is 1.82 bits per heavy atom. The number of halogens is 1. The van der Waals surface area contributed by atoms with Crippen LogP contribution >= 0.6 is 25.6 Å². The second kappa shape index (κ2) is 21.4. The van der Waals surface area contributed by atoms with E-state index in [9.17, 15) is 43.5 Å². The highest BCUT2D eigenvalue weighted by Gasteiger charge is 2.27. The maximum atomic E-state index is 13.7. The topological polar surface area (TPSA) is 251 Å². The van der Waals surface area contributed by atoms with Crippen LogP contribution in [0.4, 0.5) is 4.79 Å². The van der Waals surface area contributed by atoms with Gasteiger partial charge in [0, 0.05) is 73.3 Å². The first-order valence-corrected chi connectivity index (χ1v) is 27.8. The highest BCUT2D eigenvalue weighted by molar-refractivity contribution is 7.88. The molecule has 0 amide bonds. The number of phenolic OH excluding ortho intramolecular Hbond substituents is 2. The lowest BCUT2D eigenvalue weighted by Gasteiger charge is -2.17. The number of ether oxygens (including phenoxy) is 1.